The lowest BCUT2D eigenvalue weighted by Gasteiger charge is -2.11. The first-order valence-electron chi connectivity index (χ1n) is 6.52. The van der Waals surface area contributed by atoms with Crippen LogP contribution in [0.4, 0.5) is 5.69 Å². The fraction of sp³-hybridized carbons (Fsp3) is 0.250. The second kappa shape index (κ2) is 7.78. The molecule has 20 heavy (non-hydrogen) atoms. The minimum absolute atomic E-state index is 0.227. The minimum atomic E-state index is -0.536. The molecule has 0 aliphatic carbocycles. The molecule has 1 atom stereocenters. The van der Waals surface area contributed by atoms with Gasteiger partial charge in [0.1, 0.15) is 12.4 Å². The zero-order valence-corrected chi connectivity index (χ0v) is 11.9. The van der Waals surface area contributed by atoms with Gasteiger partial charge in [0.15, 0.2) is 0 Å². The Labute approximate surface area is 124 Å². The third-order valence-corrected chi connectivity index (χ3v) is 3.18. The number of anilines is 1. The van der Waals surface area contributed by atoms with E-state index in [4.69, 9.17) is 16.3 Å². The zero-order chi connectivity index (χ0) is 14.2. The summed E-state index contributed by atoms with van der Waals surface area (Å²) in [5.41, 5.74) is 2.07. The van der Waals surface area contributed by atoms with Crippen molar-refractivity contribution in [3.8, 4) is 5.75 Å². The van der Waals surface area contributed by atoms with E-state index in [-0.39, 0.29) is 5.88 Å². The Kier molecular flexibility index (Phi) is 5.71. The molecule has 2 rings (SSSR count). The van der Waals surface area contributed by atoms with E-state index in [1.54, 1.807) is 0 Å². The van der Waals surface area contributed by atoms with Gasteiger partial charge in [0.2, 0.25) is 0 Å². The van der Waals surface area contributed by atoms with Gasteiger partial charge in [-0.1, -0.05) is 30.3 Å². The molecule has 0 aliphatic heterocycles. The predicted octanol–water partition coefficient (Wildman–Crippen LogP) is 3.28. The lowest BCUT2D eigenvalue weighted by atomic mass is 10.2. The van der Waals surface area contributed by atoms with Crippen molar-refractivity contribution in [2.24, 2.45) is 0 Å². The third kappa shape index (κ3) is 4.76. The van der Waals surface area contributed by atoms with Crippen LogP contribution in [-0.4, -0.2) is 23.6 Å². The van der Waals surface area contributed by atoms with Crippen LogP contribution in [0.15, 0.2) is 54.6 Å². The molecule has 0 unspecified atom stereocenters. The maximum Gasteiger partial charge on any atom is 0.119 e. The molecule has 0 saturated carbocycles. The molecular weight excluding hydrogens is 274 g/mol. The second-order valence-electron chi connectivity index (χ2n) is 4.49. The monoisotopic (exact) mass is 291 g/mol. The number of aliphatic hydroxyl groups excluding tert-OH is 1. The highest BCUT2D eigenvalue weighted by atomic mass is 35.5. The number of nitrogens with one attached hydrogen (secondary N) is 1. The largest absolute Gasteiger partial charge is 0.489 e. The Morgan fingerprint density at radius 1 is 1.05 bits per heavy atom. The number of halogens is 1. The second-order valence-corrected chi connectivity index (χ2v) is 4.80. The van der Waals surface area contributed by atoms with Crippen molar-refractivity contribution < 1.29 is 9.84 Å². The van der Waals surface area contributed by atoms with Gasteiger partial charge in [0.05, 0.1) is 12.0 Å². The van der Waals surface area contributed by atoms with Crippen LogP contribution in [0.3, 0.4) is 0 Å². The summed E-state index contributed by atoms with van der Waals surface area (Å²) in [4.78, 5) is 0. The Hall–Kier alpha value is -1.71. The van der Waals surface area contributed by atoms with E-state index in [9.17, 15) is 5.11 Å². The van der Waals surface area contributed by atoms with Gasteiger partial charge >= 0.3 is 0 Å². The molecule has 3 nitrogen and oxygen atoms in total. The van der Waals surface area contributed by atoms with Crippen LogP contribution in [0.1, 0.15) is 5.56 Å². The summed E-state index contributed by atoms with van der Waals surface area (Å²) < 4.78 is 5.70. The maximum absolute atomic E-state index is 9.36. The van der Waals surface area contributed by atoms with Gasteiger partial charge in [-0.05, 0) is 29.8 Å². The fourth-order valence-corrected chi connectivity index (χ4v) is 1.81. The number of benzene rings is 2. The lowest BCUT2D eigenvalue weighted by molar-refractivity contribution is 0.211. The van der Waals surface area contributed by atoms with E-state index < -0.39 is 6.10 Å². The van der Waals surface area contributed by atoms with Crippen LogP contribution in [0.25, 0.3) is 0 Å². The molecule has 2 aromatic carbocycles. The van der Waals surface area contributed by atoms with Gasteiger partial charge in [0, 0.05) is 12.2 Å². The number of hydrogen-bond donors (Lipinski definition) is 2. The fourth-order valence-electron chi connectivity index (χ4n) is 1.70. The molecule has 2 N–H and O–H groups in total. The van der Waals surface area contributed by atoms with E-state index in [0.717, 1.165) is 17.0 Å². The minimum Gasteiger partial charge on any atom is -0.489 e. The summed E-state index contributed by atoms with van der Waals surface area (Å²) in [6.45, 7) is 0.992. The number of ether oxygens (including phenoxy) is 1. The van der Waals surface area contributed by atoms with Gasteiger partial charge in [-0.25, -0.2) is 0 Å². The summed E-state index contributed by atoms with van der Waals surface area (Å²) in [7, 11) is 0. The predicted molar refractivity (Wildman–Crippen MR) is 82.4 cm³/mol. The van der Waals surface area contributed by atoms with Crippen LogP contribution >= 0.6 is 11.6 Å². The van der Waals surface area contributed by atoms with E-state index in [0.29, 0.717) is 13.2 Å². The summed E-state index contributed by atoms with van der Waals surface area (Å²) in [5, 5.41) is 12.5. The normalized spacial score (nSPS) is 11.9. The zero-order valence-electron chi connectivity index (χ0n) is 11.1. The molecule has 0 fully saturated rings. The summed E-state index contributed by atoms with van der Waals surface area (Å²) >= 11 is 5.53. The maximum atomic E-state index is 9.36. The van der Waals surface area contributed by atoms with E-state index >= 15 is 0 Å². The number of aliphatic hydroxyl groups is 1. The molecule has 0 radical (unpaired) electrons. The van der Waals surface area contributed by atoms with Crippen molar-refractivity contribution >= 4 is 17.3 Å². The average Bonchev–Trinajstić information content (AvgIpc) is 2.52. The molecule has 0 aromatic heterocycles. The molecular formula is C16H18ClNO2. The molecule has 0 amide bonds. The highest BCUT2D eigenvalue weighted by Gasteiger charge is 2.01. The Morgan fingerprint density at radius 2 is 1.75 bits per heavy atom. The van der Waals surface area contributed by atoms with Gasteiger partial charge in [-0.3, -0.25) is 0 Å². The lowest BCUT2D eigenvalue weighted by Crippen LogP contribution is -2.20. The average molecular weight is 292 g/mol. The van der Waals surface area contributed by atoms with Crippen LogP contribution < -0.4 is 10.1 Å². The molecule has 0 aliphatic rings. The Morgan fingerprint density at radius 3 is 2.40 bits per heavy atom. The summed E-state index contributed by atoms with van der Waals surface area (Å²) in [5.74, 6) is 1.04. The first-order valence-corrected chi connectivity index (χ1v) is 7.06. The van der Waals surface area contributed by atoms with Crippen molar-refractivity contribution in [2.45, 2.75) is 12.7 Å². The number of hydrogen-bond acceptors (Lipinski definition) is 3. The van der Waals surface area contributed by atoms with Gasteiger partial charge in [-0.15, -0.1) is 11.6 Å². The van der Waals surface area contributed by atoms with Crippen molar-refractivity contribution in [3.63, 3.8) is 0 Å². The van der Waals surface area contributed by atoms with Gasteiger partial charge in [-0.2, -0.15) is 0 Å². The number of rotatable bonds is 7. The molecule has 0 saturated heterocycles. The van der Waals surface area contributed by atoms with Crippen LogP contribution in [0, 0.1) is 0 Å². The third-order valence-electron chi connectivity index (χ3n) is 2.82. The summed E-state index contributed by atoms with van der Waals surface area (Å²) in [6, 6.07) is 17.7. The standard InChI is InChI=1S/C16H18ClNO2/c17-10-15(19)11-18-14-6-8-16(9-7-14)20-12-13-4-2-1-3-5-13/h1-9,15,18-19H,10-12H2/t15-/m1/s1. The molecule has 0 bridgehead atoms. The van der Waals surface area contributed by atoms with Crippen LogP contribution in [-0.2, 0) is 6.61 Å². The van der Waals surface area contributed by atoms with E-state index in [1.165, 1.54) is 0 Å². The molecule has 0 spiro atoms. The van der Waals surface area contributed by atoms with E-state index in [1.807, 2.05) is 54.6 Å². The van der Waals surface area contributed by atoms with Crippen molar-refractivity contribution in [3.05, 3.63) is 60.2 Å². The first-order chi connectivity index (χ1) is 9.78. The quantitative estimate of drug-likeness (QED) is 0.769. The molecule has 106 valence electrons. The van der Waals surface area contributed by atoms with E-state index in [2.05, 4.69) is 5.32 Å². The topological polar surface area (TPSA) is 41.5 Å². The van der Waals surface area contributed by atoms with Crippen molar-refractivity contribution in [2.75, 3.05) is 17.7 Å². The summed E-state index contributed by atoms with van der Waals surface area (Å²) in [6.07, 6.45) is -0.536. The van der Waals surface area contributed by atoms with Gasteiger partial charge in [0.25, 0.3) is 0 Å². The highest BCUT2D eigenvalue weighted by Crippen LogP contribution is 2.17. The number of alkyl halides is 1. The van der Waals surface area contributed by atoms with Crippen molar-refractivity contribution in [1.82, 2.24) is 0 Å². The van der Waals surface area contributed by atoms with Crippen LogP contribution in [0.5, 0.6) is 5.75 Å². The smallest absolute Gasteiger partial charge is 0.119 e. The highest BCUT2D eigenvalue weighted by molar-refractivity contribution is 6.18. The Bertz CT molecular complexity index is 502. The molecule has 2 aromatic rings. The molecule has 0 heterocycles. The van der Waals surface area contributed by atoms with Crippen LogP contribution in [0.2, 0.25) is 0 Å². The SMILES string of the molecule is O[C@H](CCl)CNc1ccc(OCc2ccccc2)cc1. The molecule has 4 heteroatoms. The Balaban J connectivity index is 1.82. The van der Waals surface area contributed by atoms with Gasteiger partial charge < -0.3 is 15.2 Å². The first kappa shape index (κ1) is 14.7. The van der Waals surface area contributed by atoms with Crippen molar-refractivity contribution in [1.29, 1.82) is 0 Å².